The van der Waals surface area contributed by atoms with E-state index in [1.165, 1.54) is 11.1 Å². The topological polar surface area (TPSA) is 9.23 Å². The third-order valence-corrected chi connectivity index (χ3v) is 3.14. The van der Waals surface area contributed by atoms with Gasteiger partial charge in [0, 0.05) is 22.9 Å². The van der Waals surface area contributed by atoms with Gasteiger partial charge in [-0.15, -0.1) is 0 Å². The molecule has 88 valence electrons. The van der Waals surface area contributed by atoms with Crippen LogP contribution in [0.4, 0.5) is 0 Å². The summed E-state index contributed by atoms with van der Waals surface area (Å²) in [5.74, 6) is 0. The van der Waals surface area contributed by atoms with Crippen molar-refractivity contribution in [2.24, 2.45) is 0 Å². The van der Waals surface area contributed by atoms with E-state index in [1.54, 1.807) is 0 Å². The highest BCUT2D eigenvalue weighted by Gasteiger charge is 2.11. The molecule has 2 aromatic rings. The van der Waals surface area contributed by atoms with Crippen molar-refractivity contribution < 1.29 is 4.74 Å². The van der Waals surface area contributed by atoms with Crippen LogP contribution in [-0.2, 0) is 11.2 Å². The van der Waals surface area contributed by atoms with Crippen LogP contribution in [0.1, 0.15) is 17.2 Å². The average Bonchev–Trinajstić information content (AvgIpc) is 2.40. The highest BCUT2D eigenvalue weighted by atomic mass is 28.1. The van der Waals surface area contributed by atoms with E-state index in [9.17, 15) is 0 Å². The molecule has 0 aromatic heterocycles. The van der Waals surface area contributed by atoms with Crippen LogP contribution < -0.4 is 0 Å². The van der Waals surface area contributed by atoms with Crippen LogP contribution in [0.25, 0.3) is 0 Å². The van der Waals surface area contributed by atoms with Crippen LogP contribution in [-0.4, -0.2) is 16.5 Å². The molecule has 2 aromatic carbocycles. The lowest BCUT2D eigenvalue weighted by Gasteiger charge is -2.17. The molecule has 0 aliphatic rings. The van der Waals surface area contributed by atoms with Crippen molar-refractivity contribution in [3.05, 3.63) is 71.8 Å². The zero-order valence-electron chi connectivity index (χ0n) is 10.2. The second-order valence-corrected chi connectivity index (χ2v) is 4.62. The number of ether oxygens (including phenoxy) is 1. The summed E-state index contributed by atoms with van der Waals surface area (Å²) in [6.45, 7) is 0. The lowest BCUT2D eigenvalue weighted by molar-refractivity contribution is 0.0875. The maximum absolute atomic E-state index is 5.89. The first-order valence-electron chi connectivity index (χ1n) is 6.10. The van der Waals surface area contributed by atoms with Gasteiger partial charge in [-0.25, -0.2) is 0 Å². The van der Waals surface area contributed by atoms with Crippen molar-refractivity contribution in [2.75, 3.05) is 6.23 Å². The third-order valence-electron chi connectivity index (χ3n) is 2.80. The SMILES string of the molecule is [SiH3]COC(Cc1ccccc1)c1ccccc1. The first kappa shape index (κ1) is 12.1. The van der Waals surface area contributed by atoms with Crippen LogP contribution >= 0.6 is 0 Å². The predicted molar refractivity (Wildman–Crippen MR) is 75.2 cm³/mol. The Morgan fingerprint density at radius 1 is 0.882 bits per heavy atom. The molecule has 0 spiro atoms. The summed E-state index contributed by atoms with van der Waals surface area (Å²) >= 11 is 0. The summed E-state index contributed by atoms with van der Waals surface area (Å²) in [7, 11) is 1.08. The summed E-state index contributed by atoms with van der Waals surface area (Å²) < 4.78 is 5.89. The molecule has 1 atom stereocenters. The van der Waals surface area contributed by atoms with Crippen LogP contribution in [0.15, 0.2) is 60.7 Å². The first-order valence-corrected chi connectivity index (χ1v) is 7.52. The molecule has 1 nitrogen and oxygen atoms in total. The third kappa shape index (κ3) is 3.55. The average molecular weight is 242 g/mol. The van der Waals surface area contributed by atoms with Crippen molar-refractivity contribution in [1.82, 2.24) is 0 Å². The van der Waals surface area contributed by atoms with E-state index >= 15 is 0 Å². The zero-order chi connectivity index (χ0) is 11.9. The van der Waals surface area contributed by atoms with Gasteiger partial charge in [0.25, 0.3) is 0 Å². The van der Waals surface area contributed by atoms with E-state index in [2.05, 4.69) is 54.6 Å². The summed E-state index contributed by atoms with van der Waals surface area (Å²) in [6, 6.07) is 21.0. The molecule has 0 heterocycles. The Bertz CT molecular complexity index is 427. The molecule has 1 unspecified atom stereocenters. The Balaban J connectivity index is 2.13. The molecule has 2 rings (SSSR count). The molecule has 0 saturated heterocycles. The monoisotopic (exact) mass is 242 g/mol. The predicted octanol–water partition coefficient (Wildman–Crippen LogP) is 2.31. The molecule has 0 fully saturated rings. The molecule has 2 heteroatoms. The van der Waals surface area contributed by atoms with E-state index in [0.29, 0.717) is 0 Å². The van der Waals surface area contributed by atoms with Gasteiger partial charge in [0.2, 0.25) is 0 Å². The standard InChI is InChI=1S/C15H18OSi/c17-12-16-15(14-9-5-2-6-10-14)11-13-7-3-1-4-8-13/h1-10,15H,11-12H2,17H3. The Morgan fingerprint density at radius 2 is 1.47 bits per heavy atom. The Hall–Kier alpha value is -1.38. The number of hydrogen-bond donors (Lipinski definition) is 0. The summed E-state index contributed by atoms with van der Waals surface area (Å²) in [4.78, 5) is 0. The first-order chi connectivity index (χ1) is 8.40. The van der Waals surface area contributed by atoms with Gasteiger partial charge in [-0.3, -0.25) is 0 Å². The number of rotatable bonds is 5. The highest BCUT2D eigenvalue weighted by molar-refractivity contribution is 6.08. The molecule has 0 N–H and O–H groups in total. The van der Waals surface area contributed by atoms with E-state index in [1.807, 2.05) is 6.07 Å². The van der Waals surface area contributed by atoms with E-state index in [4.69, 9.17) is 4.74 Å². The van der Waals surface area contributed by atoms with Gasteiger partial charge in [-0.2, -0.15) is 0 Å². The van der Waals surface area contributed by atoms with E-state index in [-0.39, 0.29) is 6.10 Å². The molecule has 0 bridgehead atoms. The minimum absolute atomic E-state index is 0.191. The van der Waals surface area contributed by atoms with Crippen molar-refractivity contribution in [1.29, 1.82) is 0 Å². The van der Waals surface area contributed by atoms with Crippen LogP contribution in [0, 0.1) is 0 Å². The van der Waals surface area contributed by atoms with Crippen molar-refractivity contribution in [2.45, 2.75) is 12.5 Å². The fraction of sp³-hybridized carbons (Fsp3) is 0.200. The molecule has 0 radical (unpaired) electrons. The van der Waals surface area contributed by atoms with E-state index in [0.717, 1.165) is 22.9 Å². The Labute approximate surface area is 106 Å². The normalized spacial score (nSPS) is 12.5. The second-order valence-electron chi connectivity index (χ2n) is 4.04. The maximum atomic E-state index is 5.89. The fourth-order valence-electron chi connectivity index (χ4n) is 1.97. The van der Waals surface area contributed by atoms with Gasteiger partial charge in [0.1, 0.15) is 0 Å². The fourth-order valence-corrected chi connectivity index (χ4v) is 2.37. The van der Waals surface area contributed by atoms with Crippen molar-refractivity contribution in [3.63, 3.8) is 0 Å². The minimum atomic E-state index is 0.191. The van der Waals surface area contributed by atoms with Gasteiger partial charge < -0.3 is 4.74 Å². The molecular weight excluding hydrogens is 224 g/mol. The van der Waals surface area contributed by atoms with Gasteiger partial charge in [0.15, 0.2) is 0 Å². The minimum Gasteiger partial charge on any atom is -0.378 e. The zero-order valence-corrected chi connectivity index (χ0v) is 12.2. The number of hydrogen-bond acceptors (Lipinski definition) is 1. The molecular formula is C15H18OSi. The lowest BCUT2D eigenvalue weighted by atomic mass is 10.0. The van der Waals surface area contributed by atoms with Gasteiger partial charge in [-0.1, -0.05) is 60.7 Å². The summed E-state index contributed by atoms with van der Waals surface area (Å²) in [5.41, 5.74) is 2.60. The molecule has 0 amide bonds. The van der Waals surface area contributed by atoms with E-state index < -0.39 is 0 Å². The van der Waals surface area contributed by atoms with Gasteiger partial charge >= 0.3 is 0 Å². The Kier molecular flexibility index (Phi) is 4.53. The smallest absolute Gasteiger partial charge is 0.0860 e. The van der Waals surface area contributed by atoms with Crippen molar-refractivity contribution >= 4 is 10.2 Å². The molecule has 17 heavy (non-hydrogen) atoms. The molecule has 0 aliphatic carbocycles. The van der Waals surface area contributed by atoms with Crippen molar-refractivity contribution in [3.8, 4) is 0 Å². The highest BCUT2D eigenvalue weighted by Crippen LogP contribution is 2.21. The van der Waals surface area contributed by atoms with Crippen LogP contribution in [0.2, 0.25) is 0 Å². The number of benzene rings is 2. The quantitative estimate of drug-likeness (QED) is 0.731. The largest absolute Gasteiger partial charge is 0.378 e. The molecule has 0 aliphatic heterocycles. The Morgan fingerprint density at radius 3 is 2.06 bits per heavy atom. The molecule has 0 saturated carbocycles. The maximum Gasteiger partial charge on any atom is 0.0860 e. The lowest BCUT2D eigenvalue weighted by Crippen LogP contribution is -2.08. The second kappa shape index (κ2) is 6.38. The summed E-state index contributed by atoms with van der Waals surface area (Å²) in [6.07, 6.45) is 2.02. The summed E-state index contributed by atoms with van der Waals surface area (Å²) in [5, 5.41) is 0. The van der Waals surface area contributed by atoms with Crippen LogP contribution in [0.3, 0.4) is 0 Å². The van der Waals surface area contributed by atoms with Gasteiger partial charge in [0.05, 0.1) is 6.10 Å². The van der Waals surface area contributed by atoms with Crippen LogP contribution in [0.5, 0.6) is 0 Å². The van der Waals surface area contributed by atoms with Gasteiger partial charge in [-0.05, 0) is 11.1 Å².